The van der Waals surface area contributed by atoms with Gasteiger partial charge < -0.3 is 19.5 Å². The van der Waals surface area contributed by atoms with Crippen LogP contribution < -0.4 is 0 Å². The monoisotopic (exact) mass is 393 g/mol. The summed E-state index contributed by atoms with van der Waals surface area (Å²) >= 11 is 0. The summed E-state index contributed by atoms with van der Waals surface area (Å²) in [7, 11) is 0. The first-order valence-corrected chi connectivity index (χ1v) is 10.1. The molecule has 2 saturated heterocycles. The molecule has 29 heavy (non-hydrogen) atoms. The van der Waals surface area contributed by atoms with Crippen LogP contribution >= 0.6 is 0 Å². The number of furan rings is 1. The maximum Gasteiger partial charge on any atom is 0.258 e. The third-order valence-electron chi connectivity index (χ3n) is 5.86. The molecular formula is C22H23N3O4. The molecule has 2 aliphatic rings. The van der Waals surface area contributed by atoms with E-state index in [2.05, 4.69) is 9.88 Å². The number of nitrogens with zero attached hydrogens (tertiary/aromatic N) is 3. The lowest BCUT2D eigenvalue weighted by Gasteiger charge is -2.31. The van der Waals surface area contributed by atoms with Gasteiger partial charge in [-0.05, 0) is 56.6 Å². The van der Waals surface area contributed by atoms with Gasteiger partial charge in [-0.25, -0.2) is 4.98 Å². The van der Waals surface area contributed by atoms with Gasteiger partial charge in [-0.1, -0.05) is 0 Å². The van der Waals surface area contributed by atoms with Gasteiger partial charge in [-0.2, -0.15) is 0 Å². The molecule has 0 aliphatic carbocycles. The van der Waals surface area contributed by atoms with Crippen LogP contribution in [0.2, 0.25) is 0 Å². The Morgan fingerprint density at radius 3 is 2.48 bits per heavy atom. The largest absolute Gasteiger partial charge is 0.508 e. The summed E-state index contributed by atoms with van der Waals surface area (Å²) in [5.41, 5.74) is 2.21. The van der Waals surface area contributed by atoms with E-state index in [1.165, 1.54) is 12.3 Å². The van der Waals surface area contributed by atoms with Gasteiger partial charge in [0, 0.05) is 30.6 Å². The van der Waals surface area contributed by atoms with E-state index in [9.17, 15) is 15.0 Å². The Labute approximate surface area is 168 Å². The molecule has 0 radical (unpaired) electrons. The second-order valence-corrected chi connectivity index (χ2v) is 7.77. The van der Waals surface area contributed by atoms with Crippen LogP contribution in [-0.4, -0.2) is 57.1 Å². The fraction of sp³-hybridized carbons (Fsp3) is 0.364. The van der Waals surface area contributed by atoms with E-state index in [1.807, 2.05) is 0 Å². The number of pyridine rings is 1. The lowest BCUT2D eigenvalue weighted by molar-refractivity contribution is 0.0654. The second-order valence-electron chi connectivity index (χ2n) is 7.77. The van der Waals surface area contributed by atoms with Crippen molar-refractivity contribution in [3.63, 3.8) is 0 Å². The van der Waals surface area contributed by atoms with Crippen LogP contribution in [0.4, 0.5) is 0 Å². The van der Waals surface area contributed by atoms with E-state index in [4.69, 9.17) is 4.42 Å². The van der Waals surface area contributed by atoms with Crippen molar-refractivity contribution >= 4 is 16.9 Å². The van der Waals surface area contributed by atoms with Gasteiger partial charge in [0.1, 0.15) is 22.8 Å². The number of carbonyl (C=O) groups excluding carboxylic acids is 1. The van der Waals surface area contributed by atoms with Crippen LogP contribution in [0, 0.1) is 0 Å². The van der Waals surface area contributed by atoms with Gasteiger partial charge >= 0.3 is 0 Å². The number of amides is 1. The molecule has 0 unspecified atom stereocenters. The number of hydrogen-bond acceptors (Lipinski definition) is 6. The minimum Gasteiger partial charge on any atom is -0.508 e. The highest BCUT2D eigenvalue weighted by Crippen LogP contribution is 2.40. The van der Waals surface area contributed by atoms with Gasteiger partial charge in [-0.3, -0.25) is 9.69 Å². The Kier molecular flexibility index (Phi) is 4.39. The molecule has 150 valence electrons. The Bertz CT molecular complexity index is 1060. The van der Waals surface area contributed by atoms with Crippen molar-refractivity contribution in [1.82, 2.24) is 14.8 Å². The van der Waals surface area contributed by atoms with Crippen molar-refractivity contribution < 1.29 is 19.4 Å². The van der Waals surface area contributed by atoms with Crippen LogP contribution in [0.5, 0.6) is 11.5 Å². The van der Waals surface area contributed by atoms with E-state index in [0.29, 0.717) is 47.6 Å². The first kappa shape index (κ1) is 18.0. The first-order valence-electron chi connectivity index (χ1n) is 10.1. The van der Waals surface area contributed by atoms with Crippen molar-refractivity contribution in [2.24, 2.45) is 0 Å². The van der Waals surface area contributed by atoms with Gasteiger partial charge in [0.2, 0.25) is 0 Å². The minimum absolute atomic E-state index is 0.0489. The Balaban J connectivity index is 1.71. The van der Waals surface area contributed by atoms with Crippen molar-refractivity contribution in [3.05, 3.63) is 41.6 Å². The number of hydrogen-bond donors (Lipinski definition) is 2. The first-order chi connectivity index (χ1) is 14.1. The molecule has 2 aromatic heterocycles. The second kappa shape index (κ2) is 7.08. The molecule has 2 aliphatic heterocycles. The van der Waals surface area contributed by atoms with E-state index >= 15 is 0 Å². The average Bonchev–Trinajstić information content (AvgIpc) is 3.31. The number of rotatable bonds is 4. The number of fused-ring (bicyclic) bond motifs is 1. The van der Waals surface area contributed by atoms with E-state index in [0.717, 1.165) is 37.9 Å². The lowest BCUT2D eigenvalue weighted by atomic mass is 10.00. The molecule has 0 atom stereocenters. The SMILES string of the molecule is O=C(c1c(-c2ccc(O)cn2)oc2ccc(O)c(CN3CCCC3)c12)N1CCC1. The number of benzene rings is 1. The molecule has 1 aromatic carbocycles. The summed E-state index contributed by atoms with van der Waals surface area (Å²) in [6.07, 6.45) is 4.61. The number of carbonyl (C=O) groups is 1. The normalized spacial score (nSPS) is 17.0. The molecule has 0 bridgehead atoms. The quantitative estimate of drug-likeness (QED) is 0.707. The van der Waals surface area contributed by atoms with E-state index < -0.39 is 0 Å². The Morgan fingerprint density at radius 2 is 1.83 bits per heavy atom. The van der Waals surface area contributed by atoms with Gasteiger partial charge in [0.05, 0.1) is 11.8 Å². The highest BCUT2D eigenvalue weighted by molar-refractivity contribution is 6.12. The Hall–Kier alpha value is -3.06. The molecule has 2 N–H and O–H groups in total. The molecule has 3 aromatic rings. The summed E-state index contributed by atoms with van der Waals surface area (Å²) in [5, 5.41) is 20.9. The van der Waals surface area contributed by atoms with E-state index in [1.54, 1.807) is 23.1 Å². The maximum absolute atomic E-state index is 13.4. The van der Waals surface area contributed by atoms with Crippen molar-refractivity contribution in [3.8, 4) is 23.0 Å². The van der Waals surface area contributed by atoms with E-state index in [-0.39, 0.29) is 17.4 Å². The highest BCUT2D eigenvalue weighted by Gasteiger charge is 2.32. The lowest BCUT2D eigenvalue weighted by Crippen LogP contribution is -2.42. The van der Waals surface area contributed by atoms with Crippen LogP contribution in [0.3, 0.4) is 0 Å². The zero-order chi connectivity index (χ0) is 20.0. The van der Waals surface area contributed by atoms with Gasteiger partial charge in [0.15, 0.2) is 5.76 Å². The molecule has 0 spiro atoms. The van der Waals surface area contributed by atoms with Gasteiger partial charge in [0.25, 0.3) is 5.91 Å². The number of phenolic OH excluding ortho intramolecular Hbond substituents is 1. The molecule has 0 saturated carbocycles. The molecule has 5 rings (SSSR count). The fourth-order valence-corrected chi connectivity index (χ4v) is 4.16. The number of likely N-dealkylation sites (tertiary alicyclic amines) is 2. The molecule has 7 nitrogen and oxygen atoms in total. The van der Waals surface area contributed by atoms with Crippen LogP contribution in [-0.2, 0) is 6.54 Å². The average molecular weight is 393 g/mol. The number of aromatic hydroxyl groups is 2. The number of phenols is 1. The molecule has 4 heterocycles. The zero-order valence-corrected chi connectivity index (χ0v) is 16.1. The minimum atomic E-state index is -0.104. The summed E-state index contributed by atoms with van der Waals surface area (Å²) in [6.45, 7) is 3.97. The fourth-order valence-electron chi connectivity index (χ4n) is 4.16. The summed E-state index contributed by atoms with van der Waals surface area (Å²) in [5.74, 6) is 0.499. The number of aromatic nitrogens is 1. The molecular weight excluding hydrogens is 370 g/mol. The van der Waals surface area contributed by atoms with Crippen molar-refractivity contribution in [2.75, 3.05) is 26.2 Å². The van der Waals surface area contributed by atoms with Crippen LogP contribution in [0.25, 0.3) is 22.4 Å². The zero-order valence-electron chi connectivity index (χ0n) is 16.1. The third-order valence-corrected chi connectivity index (χ3v) is 5.86. The summed E-state index contributed by atoms with van der Waals surface area (Å²) < 4.78 is 6.10. The molecule has 7 heteroatoms. The van der Waals surface area contributed by atoms with Crippen LogP contribution in [0.15, 0.2) is 34.9 Å². The molecule has 2 fully saturated rings. The van der Waals surface area contributed by atoms with Crippen LogP contribution in [0.1, 0.15) is 35.2 Å². The summed E-state index contributed by atoms with van der Waals surface area (Å²) in [4.78, 5) is 21.7. The topological polar surface area (TPSA) is 90.0 Å². The third kappa shape index (κ3) is 3.11. The van der Waals surface area contributed by atoms with Crippen molar-refractivity contribution in [1.29, 1.82) is 0 Å². The standard InChI is InChI=1S/C22H23N3O4/c26-14-4-5-16(23-12-14)21-20(22(28)25-10-3-11-25)19-15(13-24-8-1-2-9-24)17(27)6-7-18(19)29-21/h4-7,12,26-27H,1-3,8-11,13H2. The highest BCUT2D eigenvalue weighted by atomic mass is 16.3. The molecule has 1 amide bonds. The predicted molar refractivity (Wildman–Crippen MR) is 108 cm³/mol. The smallest absolute Gasteiger partial charge is 0.258 e. The predicted octanol–water partition coefficient (Wildman–Crippen LogP) is 3.35. The van der Waals surface area contributed by atoms with Crippen molar-refractivity contribution in [2.45, 2.75) is 25.8 Å². The Morgan fingerprint density at radius 1 is 1.03 bits per heavy atom. The summed E-state index contributed by atoms with van der Waals surface area (Å²) in [6, 6.07) is 6.49. The van der Waals surface area contributed by atoms with Gasteiger partial charge in [-0.15, -0.1) is 0 Å². The maximum atomic E-state index is 13.4.